The third-order valence-corrected chi connectivity index (χ3v) is 12.1. The number of nitrogens with one attached hydrogen (secondary N) is 2. The topological polar surface area (TPSA) is 219 Å². The van der Waals surface area contributed by atoms with Crippen molar-refractivity contribution in [2.45, 2.75) is 16.3 Å². The Hall–Kier alpha value is -4.69. The number of ether oxygens (including phenoxy) is 3. The van der Waals surface area contributed by atoms with Crippen molar-refractivity contribution in [3.63, 3.8) is 0 Å². The average molecular weight is 695 g/mol. The van der Waals surface area contributed by atoms with Gasteiger partial charge < -0.3 is 24.3 Å². The first-order chi connectivity index (χ1) is 21.6. The van der Waals surface area contributed by atoms with E-state index in [0.29, 0.717) is 14.4 Å². The minimum atomic E-state index is -4.92. The molecule has 0 radical (unpaired) electrons. The number of carbonyl (C=O) groups excluding carboxylic acids is 1. The zero-order valence-corrected chi connectivity index (χ0v) is 26.5. The Labute approximate surface area is 263 Å². The van der Waals surface area contributed by atoms with E-state index in [2.05, 4.69) is 4.98 Å². The maximum Gasteiger partial charge on any atom is 0.332 e. The average Bonchev–Trinajstić information content (AvgIpc) is 3.41. The molecule has 46 heavy (non-hydrogen) atoms. The van der Waals surface area contributed by atoms with Crippen LogP contribution in [0.4, 0.5) is 5.69 Å². The molecule has 0 unspecified atom stereocenters. The van der Waals surface area contributed by atoms with Gasteiger partial charge in [-0.1, -0.05) is 10.2 Å². The highest BCUT2D eigenvalue weighted by atomic mass is 32.3. The number of sulfonamides is 2. The number of H-pyrrole nitrogens is 1. The number of carbonyl (C=O) groups is 2. The number of benzene rings is 3. The Balaban J connectivity index is 1.47. The van der Waals surface area contributed by atoms with E-state index in [1.807, 2.05) is 0 Å². The number of aromatic nitrogens is 1. The molecule has 0 amide bonds. The molecule has 2 heterocycles. The summed E-state index contributed by atoms with van der Waals surface area (Å²) in [6.45, 7) is -2.23. The summed E-state index contributed by atoms with van der Waals surface area (Å²) in [6, 6.07) is 14.5. The fourth-order valence-corrected chi connectivity index (χ4v) is 9.27. The van der Waals surface area contributed by atoms with E-state index in [4.69, 9.17) is 14.2 Å². The number of carboxylic acids is 1. The van der Waals surface area contributed by atoms with Gasteiger partial charge in [-0.3, -0.25) is 4.79 Å². The molecule has 4 aromatic rings. The van der Waals surface area contributed by atoms with Crippen LogP contribution in [0.2, 0.25) is 0 Å². The number of hydrogen-bond donors (Lipinski definition) is 3. The maximum absolute atomic E-state index is 13.5. The minimum Gasteiger partial charge on any atom is -0.497 e. The molecule has 0 saturated carbocycles. The number of carboxylic acid groups (broad SMARTS) is 1. The van der Waals surface area contributed by atoms with Gasteiger partial charge in [-0.05, 0) is 54.6 Å². The van der Waals surface area contributed by atoms with Crippen LogP contribution in [0.1, 0.15) is 5.69 Å². The highest BCUT2D eigenvalue weighted by Crippen LogP contribution is 2.37. The van der Waals surface area contributed by atoms with Crippen LogP contribution in [0.5, 0.6) is 17.2 Å². The zero-order chi connectivity index (χ0) is 33.4. The molecule has 0 aliphatic carbocycles. The normalized spacial score (nSPS) is 13.8. The van der Waals surface area contributed by atoms with Crippen LogP contribution < -0.4 is 22.6 Å². The fraction of sp³-hybridized carbons (Fsp3) is 0.185. The Morgan fingerprint density at radius 1 is 0.978 bits per heavy atom. The van der Waals surface area contributed by atoms with Crippen molar-refractivity contribution in [1.82, 2.24) is 13.4 Å². The van der Waals surface area contributed by atoms with Crippen LogP contribution in [0.25, 0.3) is 10.9 Å². The highest BCUT2D eigenvalue weighted by Gasteiger charge is 2.37. The number of hydrogen-bond acceptors (Lipinski definition) is 11. The zero-order valence-electron chi connectivity index (χ0n) is 24.0. The van der Waals surface area contributed by atoms with Gasteiger partial charge in [0, 0.05) is 22.7 Å². The summed E-state index contributed by atoms with van der Waals surface area (Å²) in [5.74, 6) is -1.91. The lowest BCUT2D eigenvalue weighted by Gasteiger charge is -2.29. The van der Waals surface area contributed by atoms with Crippen LogP contribution in [0, 0.1) is 0 Å². The lowest BCUT2D eigenvalue weighted by atomic mass is 10.2. The Morgan fingerprint density at radius 3 is 2.30 bits per heavy atom. The van der Waals surface area contributed by atoms with E-state index in [-0.39, 0.29) is 38.7 Å². The van der Waals surface area contributed by atoms with Gasteiger partial charge in [0.05, 0.1) is 36.2 Å². The van der Waals surface area contributed by atoms with Gasteiger partial charge in [0.1, 0.15) is 24.6 Å². The number of aromatic amines is 1. The second-order valence-corrected chi connectivity index (χ2v) is 15.2. The molecule has 244 valence electrons. The summed E-state index contributed by atoms with van der Waals surface area (Å²) in [7, 11) is -11.4. The molecular formula is C27H26N4O12S3. The van der Waals surface area contributed by atoms with Gasteiger partial charge in [0.2, 0.25) is 10.0 Å². The second-order valence-electron chi connectivity index (χ2n) is 9.76. The second kappa shape index (κ2) is 12.2. The smallest absolute Gasteiger partial charge is 0.332 e. The van der Waals surface area contributed by atoms with Gasteiger partial charge in [-0.15, -0.1) is 0 Å². The SMILES string of the molecule is COc1ccc(S(=O)(=O)N(CC(=O)O)Cc2cc3c(S(=O)(=O)NS(=O)(=O)N4CC(=O)Oc5cc(OC)ccc54)cccc3[nH]2)cc1. The number of rotatable bonds is 12. The molecule has 1 aliphatic rings. The number of anilines is 1. The molecule has 0 saturated heterocycles. The molecule has 0 bridgehead atoms. The van der Waals surface area contributed by atoms with Crippen molar-refractivity contribution in [2.24, 2.45) is 0 Å². The molecule has 19 heteroatoms. The molecular weight excluding hydrogens is 669 g/mol. The van der Waals surface area contributed by atoms with Gasteiger partial charge >= 0.3 is 22.1 Å². The molecule has 5 rings (SSSR count). The van der Waals surface area contributed by atoms with Crippen molar-refractivity contribution in [3.8, 4) is 17.2 Å². The number of fused-ring (bicyclic) bond motifs is 2. The van der Waals surface area contributed by atoms with E-state index in [1.165, 1.54) is 74.9 Å². The summed E-state index contributed by atoms with van der Waals surface area (Å²) in [5, 5.41) is 9.43. The van der Waals surface area contributed by atoms with Crippen molar-refractivity contribution in [1.29, 1.82) is 0 Å². The standard InChI is InChI=1S/C27H26N4O12S3/c1-41-18-6-9-20(10-7-18)45(37,38)30(15-26(32)33)14-17-12-21-22(28-17)4-3-5-25(21)44(35,36)29-46(39,40)31-16-27(34)43-24-13-19(42-2)8-11-23(24)31/h3-13,28-29H,14-16H2,1-2H3,(H,32,33). The van der Waals surface area contributed by atoms with Crippen molar-refractivity contribution in [3.05, 3.63) is 72.4 Å². The van der Waals surface area contributed by atoms with Crippen LogP contribution in [0.3, 0.4) is 0 Å². The van der Waals surface area contributed by atoms with Crippen LogP contribution >= 0.6 is 0 Å². The summed E-state index contributed by atoms with van der Waals surface area (Å²) < 4.78 is 98.5. The first-order valence-electron chi connectivity index (χ1n) is 13.1. The number of esters is 1. The van der Waals surface area contributed by atoms with Gasteiger partial charge in [-0.25, -0.2) is 25.9 Å². The third-order valence-electron chi connectivity index (χ3n) is 6.76. The van der Waals surface area contributed by atoms with Gasteiger partial charge in [0.15, 0.2) is 5.75 Å². The molecule has 3 aromatic carbocycles. The number of aliphatic carboxylic acids is 1. The Kier molecular flexibility index (Phi) is 8.71. The van der Waals surface area contributed by atoms with Crippen molar-refractivity contribution in [2.75, 3.05) is 31.6 Å². The number of nitrogens with zero attached hydrogens (tertiary/aromatic N) is 2. The largest absolute Gasteiger partial charge is 0.497 e. The van der Waals surface area contributed by atoms with Crippen LogP contribution in [-0.4, -0.2) is 78.9 Å². The molecule has 0 atom stereocenters. The third kappa shape index (κ3) is 6.49. The van der Waals surface area contributed by atoms with Crippen LogP contribution in [0.15, 0.2) is 76.5 Å². The summed E-state index contributed by atoms with van der Waals surface area (Å²) in [5.41, 5.74) is 0.189. The molecule has 0 spiro atoms. The van der Waals surface area contributed by atoms with E-state index in [1.54, 1.807) is 4.13 Å². The highest BCUT2D eigenvalue weighted by molar-refractivity contribution is 8.05. The molecule has 1 aromatic heterocycles. The molecule has 0 fully saturated rings. The first kappa shape index (κ1) is 32.7. The summed E-state index contributed by atoms with van der Waals surface area (Å²) in [6.07, 6.45) is 0. The van der Waals surface area contributed by atoms with E-state index < -0.39 is 66.7 Å². The van der Waals surface area contributed by atoms with Crippen molar-refractivity contribution >= 4 is 58.8 Å². The fourth-order valence-electron chi connectivity index (χ4n) is 4.68. The predicted octanol–water partition coefficient (Wildman–Crippen LogP) is 1.41. The maximum atomic E-state index is 13.5. The summed E-state index contributed by atoms with van der Waals surface area (Å²) >= 11 is 0. The van der Waals surface area contributed by atoms with Crippen LogP contribution in [-0.2, 0) is 46.4 Å². The lowest BCUT2D eigenvalue weighted by molar-refractivity contribution is -0.137. The Morgan fingerprint density at radius 2 is 1.65 bits per heavy atom. The van der Waals surface area contributed by atoms with E-state index in [0.717, 1.165) is 6.07 Å². The monoisotopic (exact) mass is 694 g/mol. The van der Waals surface area contributed by atoms with Gasteiger partial charge in [-0.2, -0.15) is 12.7 Å². The minimum absolute atomic E-state index is 0.0134. The van der Waals surface area contributed by atoms with E-state index >= 15 is 0 Å². The molecule has 1 aliphatic heterocycles. The van der Waals surface area contributed by atoms with Crippen molar-refractivity contribution < 1.29 is 54.2 Å². The molecule has 3 N–H and O–H groups in total. The predicted molar refractivity (Wildman–Crippen MR) is 162 cm³/mol. The molecule has 16 nitrogen and oxygen atoms in total. The first-order valence-corrected chi connectivity index (χ1v) is 17.4. The van der Waals surface area contributed by atoms with E-state index in [9.17, 15) is 39.9 Å². The number of methoxy groups -OCH3 is 2. The Bertz CT molecular complexity index is 2160. The quantitative estimate of drug-likeness (QED) is 0.142. The summed E-state index contributed by atoms with van der Waals surface area (Å²) in [4.78, 5) is 26.0. The lowest BCUT2D eigenvalue weighted by Crippen LogP contribution is -2.48. The van der Waals surface area contributed by atoms with Gasteiger partial charge in [0.25, 0.3) is 10.0 Å².